The predicted octanol–water partition coefficient (Wildman–Crippen LogP) is 4.30. The maximum Gasteiger partial charge on any atom is 0.243 e. The van der Waals surface area contributed by atoms with E-state index < -0.39 is 10.0 Å². The summed E-state index contributed by atoms with van der Waals surface area (Å²) in [7, 11) is -3.56. The molecule has 0 N–H and O–H groups in total. The van der Waals surface area contributed by atoms with Gasteiger partial charge in [-0.05, 0) is 30.5 Å². The third-order valence-electron chi connectivity index (χ3n) is 5.76. The first-order chi connectivity index (χ1) is 16.0. The average molecular weight is 487 g/mol. The quantitative estimate of drug-likeness (QED) is 0.398. The highest BCUT2D eigenvalue weighted by atomic mass is 32.2. The van der Waals surface area contributed by atoms with Gasteiger partial charge in [-0.1, -0.05) is 68.1 Å². The smallest absolute Gasteiger partial charge is 0.243 e. The van der Waals surface area contributed by atoms with Crippen LogP contribution in [0.4, 0.5) is 0 Å². The molecule has 176 valence electrons. The van der Waals surface area contributed by atoms with Gasteiger partial charge in [-0.2, -0.15) is 4.31 Å². The van der Waals surface area contributed by atoms with Gasteiger partial charge >= 0.3 is 0 Å². The van der Waals surface area contributed by atoms with E-state index >= 15 is 0 Å². The summed E-state index contributed by atoms with van der Waals surface area (Å²) in [4.78, 5) is 0.270. The van der Waals surface area contributed by atoms with Gasteiger partial charge in [0.15, 0.2) is 11.0 Å². The molecule has 1 aromatic heterocycles. The Hall–Kier alpha value is -2.20. The van der Waals surface area contributed by atoms with Crippen molar-refractivity contribution in [2.75, 3.05) is 25.4 Å². The lowest BCUT2D eigenvalue weighted by Gasteiger charge is -2.19. The van der Waals surface area contributed by atoms with Crippen molar-refractivity contribution in [1.82, 2.24) is 19.1 Å². The monoisotopic (exact) mass is 486 g/mol. The van der Waals surface area contributed by atoms with Crippen LogP contribution in [0.3, 0.4) is 0 Å². The Labute approximate surface area is 200 Å². The molecule has 1 atom stereocenters. The van der Waals surface area contributed by atoms with Crippen LogP contribution in [0.15, 0.2) is 64.6 Å². The standard InChI is InChI=1S/C24H30N4O3S2/c1-3-27(4-2)33(29,30)22-14-8-12-20(16-22)23-25-26-24(32-18-21-13-9-15-31-21)28(23)17-19-10-6-5-7-11-19/h5-8,10-12,14,16,21H,3-4,9,13,15,17-18H2,1-2H3/t21-/m0/s1. The van der Waals surface area contributed by atoms with E-state index in [1.807, 2.05) is 38.1 Å². The van der Waals surface area contributed by atoms with Gasteiger partial charge in [0.05, 0.1) is 17.5 Å². The molecule has 0 bridgehead atoms. The van der Waals surface area contributed by atoms with Crippen LogP contribution < -0.4 is 0 Å². The molecule has 0 radical (unpaired) electrons. The van der Waals surface area contributed by atoms with Gasteiger partial charge in [0, 0.05) is 31.0 Å². The van der Waals surface area contributed by atoms with Crippen molar-refractivity contribution in [3.63, 3.8) is 0 Å². The summed E-state index contributed by atoms with van der Waals surface area (Å²) >= 11 is 1.64. The van der Waals surface area contributed by atoms with E-state index in [9.17, 15) is 8.42 Å². The average Bonchev–Trinajstić information content (AvgIpc) is 3.49. The molecule has 4 rings (SSSR count). The first-order valence-electron chi connectivity index (χ1n) is 11.3. The summed E-state index contributed by atoms with van der Waals surface area (Å²) in [6.45, 7) is 5.97. The van der Waals surface area contributed by atoms with Gasteiger partial charge in [0.2, 0.25) is 10.0 Å². The number of sulfonamides is 1. The lowest BCUT2D eigenvalue weighted by molar-refractivity contribution is 0.129. The molecule has 7 nitrogen and oxygen atoms in total. The van der Waals surface area contributed by atoms with Crippen LogP contribution in [0.2, 0.25) is 0 Å². The Balaban J connectivity index is 1.69. The Morgan fingerprint density at radius 2 is 1.88 bits per heavy atom. The van der Waals surface area contributed by atoms with Gasteiger partial charge < -0.3 is 4.74 Å². The number of hydrogen-bond acceptors (Lipinski definition) is 6. The van der Waals surface area contributed by atoms with Crippen LogP contribution in [-0.4, -0.2) is 59.0 Å². The zero-order valence-corrected chi connectivity index (χ0v) is 20.7. The van der Waals surface area contributed by atoms with Crippen molar-refractivity contribution in [1.29, 1.82) is 0 Å². The molecule has 2 heterocycles. The van der Waals surface area contributed by atoms with Crippen molar-refractivity contribution >= 4 is 21.8 Å². The van der Waals surface area contributed by atoms with Crippen molar-refractivity contribution in [3.8, 4) is 11.4 Å². The Bertz CT molecular complexity index is 1160. The fourth-order valence-corrected chi connectivity index (χ4v) is 6.48. The molecule has 0 spiro atoms. The van der Waals surface area contributed by atoms with Crippen molar-refractivity contribution < 1.29 is 13.2 Å². The van der Waals surface area contributed by atoms with Crippen molar-refractivity contribution in [3.05, 3.63) is 60.2 Å². The highest BCUT2D eigenvalue weighted by Gasteiger charge is 2.24. The molecule has 0 saturated carbocycles. The molecule has 1 aliphatic rings. The molecule has 3 aromatic rings. The molecule has 1 saturated heterocycles. The second-order valence-corrected chi connectivity index (χ2v) is 10.9. The fourth-order valence-electron chi connectivity index (χ4n) is 3.97. The van der Waals surface area contributed by atoms with Crippen LogP contribution in [-0.2, 0) is 21.3 Å². The first kappa shape index (κ1) is 23.9. The number of rotatable bonds is 10. The van der Waals surface area contributed by atoms with Crippen LogP contribution in [0.25, 0.3) is 11.4 Å². The van der Waals surface area contributed by atoms with Gasteiger partial charge in [-0.15, -0.1) is 10.2 Å². The summed E-state index contributed by atoms with van der Waals surface area (Å²) < 4.78 is 35.4. The van der Waals surface area contributed by atoms with Crippen LogP contribution in [0, 0.1) is 0 Å². The normalized spacial score (nSPS) is 16.5. The molecule has 2 aromatic carbocycles. The number of benzene rings is 2. The summed E-state index contributed by atoms with van der Waals surface area (Å²) in [6, 6.07) is 17.2. The second-order valence-electron chi connectivity index (χ2n) is 7.94. The highest BCUT2D eigenvalue weighted by Crippen LogP contribution is 2.29. The molecule has 0 aliphatic carbocycles. The van der Waals surface area contributed by atoms with E-state index in [4.69, 9.17) is 4.74 Å². The Morgan fingerprint density at radius 1 is 1.09 bits per heavy atom. The van der Waals surface area contributed by atoms with E-state index in [-0.39, 0.29) is 11.0 Å². The number of aromatic nitrogens is 3. The third kappa shape index (κ3) is 5.48. The molecule has 1 fully saturated rings. The molecule has 33 heavy (non-hydrogen) atoms. The zero-order chi connectivity index (χ0) is 23.3. The molecule has 1 aliphatic heterocycles. The molecule has 0 unspecified atom stereocenters. The largest absolute Gasteiger partial charge is 0.377 e. The van der Waals surface area contributed by atoms with E-state index in [1.54, 1.807) is 30.0 Å². The topological polar surface area (TPSA) is 77.3 Å². The Kier molecular flexibility index (Phi) is 7.85. The van der Waals surface area contributed by atoms with Gasteiger partial charge in [0.1, 0.15) is 0 Å². The number of ether oxygens (including phenoxy) is 1. The fraction of sp³-hybridized carbons (Fsp3) is 0.417. The molecule has 9 heteroatoms. The van der Waals surface area contributed by atoms with E-state index in [2.05, 4.69) is 26.9 Å². The Morgan fingerprint density at radius 3 is 2.58 bits per heavy atom. The summed E-state index contributed by atoms with van der Waals surface area (Å²) in [6.07, 6.45) is 2.40. The maximum absolute atomic E-state index is 13.1. The minimum atomic E-state index is -3.56. The number of nitrogens with zero attached hydrogens (tertiary/aromatic N) is 4. The van der Waals surface area contributed by atoms with E-state index in [0.717, 1.165) is 41.5 Å². The highest BCUT2D eigenvalue weighted by molar-refractivity contribution is 7.99. The first-order valence-corrected chi connectivity index (χ1v) is 13.8. The second kappa shape index (κ2) is 10.8. The predicted molar refractivity (Wildman–Crippen MR) is 131 cm³/mol. The lowest BCUT2D eigenvalue weighted by Crippen LogP contribution is -2.30. The summed E-state index contributed by atoms with van der Waals surface area (Å²) in [5, 5.41) is 9.76. The minimum absolute atomic E-state index is 0.239. The van der Waals surface area contributed by atoms with Gasteiger partial charge in [-0.3, -0.25) is 4.57 Å². The SMILES string of the molecule is CCN(CC)S(=O)(=O)c1cccc(-c2nnc(SC[C@@H]3CCCO3)n2Cc2ccccc2)c1. The lowest BCUT2D eigenvalue weighted by atomic mass is 10.2. The summed E-state index contributed by atoms with van der Waals surface area (Å²) in [5.41, 5.74) is 1.86. The van der Waals surface area contributed by atoms with Crippen LogP contribution in [0.1, 0.15) is 32.3 Å². The minimum Gasteiger partial charge on any atom is -0.377 e. The molecular weight excluding hydrogens is 456 g/mol. The van der Waals surface area contributed by atoms with Crippen LogP contribution >= 0.6 is 11.8 Å². The van der Waals surface area contributed by atoms with E-state index in [0.29, 0.717) is 25.5 Å². The third-order valence-corrected chi connectivity index (χ3v) is 8.90. The van der Waals surface area contributed by atoms with E-state index in [1.165, 1.54) is 4.31 Å². The van der Waals surface area contributed by atoms with Crippen molar-refractivity contribution in [2.45, 2.75) is 49.4 Å². The maximum atomic E-state index is 13.1. The van der Waals surface area contributed by atoms with Crippen molar-refractivity contribution in [2.24, 2.45) is 0 Å². The van der Waals surface area contributed by atoms with Gasteiger partial charge in [-0.25, -0.2) is 8.42 Å². The molecule has 0 amide bonds. The zero-order valence-electron chi connectivity index (χ0n) is 19.1. The molecular formula is C24H30N4O3S2. The van der Waals surface area contributed by atoms with Gasteiger partial charge in [0.25, 0.3) is 0 Å². The number of hydrogen-bond donors (Lipinski definition) is 0. The number of thioether (sulfide) groups is 1. The van der Waals surface area contributed by atoms with Crippen LogP contribution in [0.5, 0.6) is 0 Å². The summed E-state index contributed by atoms with van der Waals surface area (Å²) in [5.74, 6) is 1.48.